The van der Waals surface area contributed by atoms with Crippen molar-refractivity contribution in [2.75, 3.05) is 6.61 Å². The molecule has 1 atom stereocenters. The van der Waals surface area contributed by atoms with E-state index in [2.05, 4.69) is 24.6 Å². The maximum atomic E-state index is 14.2. The van der Waals surface area contributed by atoms with Gasteiger partial charge in [-0.15, -0.1) is 0 Å². The maximum Gasteiger partial charge on any atom is 0.144 e. The molecule has 1 N–H and O–H groups in total. The summed E-state index contributed by atoms with van der Waals surface area (Å²) in [5, 5.41) is 11.5. The molecule has 3 aromatic rings. The topological polar surface area (TPSA) is 52.2 Å². The Morgan fingerprint density at radius 2 is 1.96 bits per heavy atom. The first-order chi connectivity index (χ1) is 12.8. The van der Waals surface area contributed by atoms with Gasteiger partial charge in [0.25, 0.3) is 0 Å². The molecule has 1 unspecified atom stereocenters. The van der Waals surface area contributed by atoms with E-state index in [9.17, 15) is 9.50 Å². The molecule has 2 heterocycles. The molecule has 1 aromatic carbocycles. The van der Waals surface area contributed by atoms with Crippen LogP contribution in [0.1, 0.15) is 24.4 Å². The first-order valence-electron chi connectivity index (χ1n) is 9.36. The Morgan fingerprint density at radius 3 is 2.67 bits per heavy atom. The van der Waals surface area contributed by atoms with Crippen molar-refractivity contribution < 1.29 is 14.2 Å². The van der Waals surface area contributed by atoms with Crippen molar-refractivity contribution in [1.82, 2.24) is 14.1 Å². The number of aryl methyl sites for hydroxylation is 1. The molecular formula is C20H28FN3O2Si. The van der Waals surface area contributed by atoms with E-state index in [1.165, 1.54) is 6.07 Å². The number of aliphatic hydroxyl groups excluding tert-OH is 1. The lowest BCUT2D eigenvalue weighted by Gasteiger charge is -2.18. The Morgan fingerprint density at radius 1 is 1.19 bits per heavy atom. The number of ether oxygens (including phenoxy) is 1. The van der Waals surface area contributed by atoms with Crippen LogP contribution in [0.5, 0.6) is 0 Å². The third-order valence-electron chi connectivity index (χ3n) is 4.76. The molecule has 0 bridgehead atoms. The molecule has 0 aliphatic heterocycles. The van der Waals surface area contributed by atoms with Gasteiger partial charge in [-0.05, 0) is 25.1 Å². The van der Waals surface area contributed by atoms with Crippen LogP contribution in [0.25, 0.3) is 10.9 Å². The quantitative estimate of drug-likeness (QED) is 0.459. The van der Waals surface area contributed by atoms with E-state index >= 15 is 0 Å². The van der Waals surface area contributed by atoms with Gasteiger partial charge in [0.2, 0.25) is 0 Å². The summed E-state index contributed by atoms with van der Waals surface area (Å²) in [7, 11) is -1.14. The summed E-state index contributed by atoms with van der Waals surface area (Å²) >= 11 is 0. The second-order valence-electron chi connectivity index (χ2n) is 8.01. The number of benzene rings is 1. The molecule has 0 saturated heterocycles. The summed E-state index contributed by atoms with van der Waals surface area (Å²) in [5.41, 5.74) is 1.35. The van der Waals surface area contributed by atoms with Crippen LogP contribution in [0, 0.1) is 5.82 Å². The Balaban J connectivity index is 1.84. The molecule has 27 heavy (non-hydrogen) atoms. The van der Waals surface area contributed by atoms with Gasteiger partial charge in [-0.3, -0.25) is 0 Å². The summed E-state index contributed by atoms with van der Waals surface area (Å²) in [6.45, 7) is 10.7. The maximum absolute atomic E-state index is 14.2. The normalized spacial score (nSPS) is 13.4. The number of nitrogens with zero attached hydrogens (tertiary/aromatic N) is 3. The van der Waals surface area contributed by atoms with Crippen molar-refractivity contribution in [3.8, 4) is 0 Å². The van der Waals surface area contributed by atoms with E-state index in [-0.39, 0.29) is 5.82 Å². The van der Waals surface area contributed by atoms with Crippen LogP contribution >= 0.6 is 0 Å². The lowest BCUT2D eigenvalue weighted by Crippen LogP contribution is -2.22. The molecule has 3 rings (SSSR count). The van der Waals surface area contributed by atoms with Gasteiger partial charge in [0.15, 0.2) is 0 Å². The molecular weight excluding hydrogens is 361 g/mol. The molecule has 0 saturated carbocycles. The molecule has 146 valence electrons. The predicted molar refractivity (Wildman–Crippen MR) is 108 cm³/mol. The molecule has 0 amide bonds. The van der Waals surface area contributed by atoms with Crippen molar-refractivity contribution in [2.45, 2.75) is 52.0 Å². The Kier molecular flexibility index (Phi) is 5.83. The highest BCUT2D eigenvalue weighted by molar-refractivity contribution is 6.76. The summed E-state index contributed by atoms with van der Waals surface area (Å²) in [6.07, 6.45) is 4.34. The van der Waals surface area contributed by atoms with Crippen molar-refractivity contribution in [2.24, 2.45) is 0 Å². The van der Waals surface area contributed by atoms with Crippen LogP contribution in [0.15, 0.2) is 36.8 Å². The second-order valence-corrected chi connectivity index (χ2v) is 13.6. The molecule has 0 aliphatic carbocycles. The molecule has 0 spiro atoms. The zero-order chi connectivity index (χ0) is 19.6. The van der Waals surface area contributed by atoms with E-state index in [1.54, 1.807) is 24.5 Å². The third-order valence-corrected chi connectivity index (χ3v) is 6.46. The fourth-order valence-corrected chi connectivity index (χ4v) is 3.92. The summed E-state index contributed by atoms with van der Waals surface area (Å²) in [6, 6.07) is 5.87. The number of aromatic nitrogens is 3. The van der Waals surface area contributed by atoms with Gasteiger partial charge in [0, 0.05) is 50.8 Å². The van der Waals surface area contributed by atoms with Gasteiger partial charge >= 0.3 is 0 Å². The Labute approximate surface area is 160 Å². The van der Waals surface area contributed by atoms with Crippen molar-refractivity contribution in [3.05, 3.63) is 54.0 Å². The largest absolute Gasteiger partial charge is 0.380 e. The van der Waals surface area contributed by atoms with Crippen LogP contribution < -0.4 is 0 Å². The summed E-state index contributed by atoms with van der Waals surface area (Å²) in [5.74, 6) is 0.214. The summed E-state index contributed by atoms with van der Waals surface area (Å²) < 4.78 is 23.7. The van der Waals surface area contributed by atoms with Gasteiger partial charge < -0.3 is 19.0 Å². The van der Waals surface area contributed by atoms with Crippen LogP contribution in [0.4, 0.5) is 4.39 Å². The lowest BCUT2D eigenvalue weighted by molar-refractivity contribution is 0.0787. The fraction of sp³-hybridized carbons (Fsp3) is 0.450. The second kappa shape index (κ2) is 7.96. The molecule has 5 nitrogen and oxygen atoms in total. The van der Waals surface area contributed by atoms with Crippen LogP contribution in [0.3, 0.4) is 0 Å². The van der Waals surface area contributed by atoms with Crippen LogP contribution in [-0.4, -0.2) is 33.9 Å². The number of hydrogen-bond acceptors (Lipinski definition) is 3. The number of hydrogen-bond donors (Lipinski definition) is 1. The number of aliphatic hydroxyl groups is 1. The highest BCUT2D eigenvalue weighted by Gasteiger charge is 2.22. The van der Waals surface area contributed by atoms with E-state index < -0.39 is 14.2 Å². The highest BCUT2D eigenvalue weighted by Crippen LogP contribution is 2.30. The number of fused-ring (bicyclic) bond motifs is 1. The molecule has 0 aliphatic rings. The Hall–Kier alpha value is -1.96. The van der Waals surface area contributed by atoms with Crippen molar-refractivity contribution in [3.63, 3.8) is 0 Å². The standard InChI is InChI=1S/C20H28FN3O2Si/c1-5-23-10-8-15-17(21)7-6-16(18(15)23)19(25)20-22-9-11-24(20)14-26-12-13-27(2,3)4/h6-11,19,25H,5,12-14H2,1-4H3. The molecule has 0 fully saturated rings. The smallest absolute Gasteiger partial charge is 0.144 e. The SMILES string of the molecule is CCn1ccc2c(F)ccc(C(O)c3nccn3COCC[Si](C)(C)C)c21. The Bertz CT molecular complexity index is 914. The highest BCUT2D eigenvalue weighted by atomic mass is 28.3. The average molecular weight is 390 g/mol. The van der Waals surface area contributed by atoms with Gasteiger partial charge in [0.1, 0.15) is 24.5 Å². The van der Waals surface area contributed by atoms with E-state index in [1.807, 2.05) is 22.3 Å². The zero-order valence-electron chi connectivity index (χ0n) is 16.4. The minimum absolute atomic E-state index is 0.286. The van der Waals surface area contributed by atoms with E-state index in [0.717, 1.165) is 6.04 Å². The van der Waals surface area contributed by atoms with Crippen molar-refractivity contribution >= 4 is 19.0 Å². The fourth-order valence-electron chi connectivity index (χ4n) is 3.16. The van der Waals surface area contributed by atoms with Crippen LogP contribution in [0.2, 0.25) is 25.7 Å². The van der Waals surface area contributed by atoms with Gasteiger partial charge in [-0.2, -0.15) is 0 Å². The number of imidazole rings is 1. The van der Waals surface area contributed by atoms with Gasteiger partial charge in [0.05, 0.1) is 5.52 Å². The third kappa shape index (κ3) is 4.31. The lowest BCUT2D eigenvalue weighted by atomic mass is 10.0. The minimum Gasteiger partial charge on any atom is -0.380 e. The van der Waals surface area contributed by atoms with Crippen LogP contribution in [-0.2, 0) is 18.0 Å². The van der Waals surface area contributed by atoms with Gasteiger partial charge in [-0.1, -0.05) is 25.7 Å². The van der Waals surface area contributed by atoms with Crippen molar-refractivity contribution in [1.29, 1.82) is 0 Å². The van der Waals surface area contributed by atoms with E-state index in [0.29, 0.717) is 42.2 Å². The summed E-state index contributed by atoms with van der Waals surface area (Å²) in [4.78, 5) is 4.33. The molecule has 0 radical (unpaired) electrons. The first-order valence-corrected chi connectivity index (χ1v) is 13.1. The van der Waals surface area contributed by atoms with Gasteiger partial charge in [-0.25, -0.2) is 9.37 Å². The first kappa shape index (κ1) is 19.8. The minimum atomic E-state index is -1.14. The predicted octanol–water partition coefficient (Wildman–Crippen LogP) is 4.39. The number of rotatable bonds is 8. The monoisotopic (exact) mass is 389 g/mol. The average Bonchev–Trinajstić information content (AvgIpc) is 3.25. The van der Waals surface area contributed by atoms with E-state index in [4.69, 9.17) is 4.74 Å². The molecule has 2 aromatic heterocycles. The molecule has 7 heteroatoms. The zero-order valence-corrected chi connectivity index (χ0v) is 17.4. The number of halogens is 1.